The summed E-state index contributed by atoms with van der Waals surface area (Å²) in [5, 5.41) is 2.56. The first kappa shape index (κ1) is 11.3. The lowest BCUT2D eigenvalue weighted by Gasteiger charge is -2.21. The van der Waals surface area contributed by atoms with E-state index in [4.69, 9.17) is 0 Å². The van der Waals surface area contributed by atoms with Crippen LogP contribution in [-0.2, 0) is 0 Å². The van der Waals surface area contributed by atoms with Crippen molar-refractivity contribution in [3.05, 3.63) is 64.6 Å². The lowest BCUT2D eigenvalue weighted by Crippen LogP contribution is -2.23. The maximum Gasteiger partial charge on any atom is 0.390 e. The molecule has 0 N–H and O–H groups in total. The zero-order chi connectivity index (χ0) is 13.2. The van der Waals surface area contributed by atoms with Crippen molar-refractivity contribution in [3.63, 3.8) is 0 Å². The molecule has 0 fully saturated rings. The van der Waals surface area contributed by atoms with Crippen molar-refractivity contribution in [2.75, 3.05) is 4.90 Å². The van der Waals surface area contributed by atoms with Gasteiger partial charge in [0.05, 0.1) is 11.4 Å². The van der Waals surface area contributed by atoms with Gasteiger partial charge in [-0.2, -0.15) is 0 Å². The Morgan fingerprint density at radius 1 is 0.842 bits per heavy atom. The molecule has 0 atom stereocenters. The predicted octanol–water partition coefficient (Wildman–Crippen LogP) is 4.19. The topological polar surface area (TPSA) is 49.7 Å². The molecule has 4 nitrogen and oxygen atoms in total. The molecule has 0 aliphatic carbocycles. The third-order valence-electron chi connectivity index (χ3n) is 3.07. The van der Waals surface area contributed by atoms with Crippen LogP contribution in [0.5, 0.6) is 0 Å². The van der Waals surface area contributed by atoms with Gasteiger partial charge in [-0.05, 0) is 23.3 Å². The van der Waals surface area contributed by atoms with E-state index in [1.807, 2.05) is 48.6 Å². The van der Waals surface area contributed by atoms with Crippen LogP contribution < -0.4 is 4.90 Å². The lowest BCUT2D eigenvalue weighted by atomic mass is 10.1. The second kappa shape index (κ2) is 4.49. The molecule has 0 spiro atoms. The van der Waals surface area contributed by atoms with E-state index >= 15 is 0 Å². The minimum absolute atomic E-state index is 0.660. The number of fused-ring (bicyclic) bond motifs is 2. The van der Waals surface area contributed by atoms with Crippen molar-refractivity contribution in [2.45, 2.75) is 0 Å². The molecule has 4 heteroatoms. The van der Waals surface area contributed by atoms with Gasteiger partial charge < -0.3 is 0 Å². The summed E-state index contributed by atoms with van der Waals surface area (Å²) in [5.74, 6) is 0. The highest BCUT2D eigenvalue weighted by Gasteiger charge is 2.23. The summed E-state index contributed by atoms with van der Waals surface area (Å²) in [6.45, 7) is 0. The molecule has 2 aromatic carbocycles. The summed E-state index contributed by atoms with van der Waals surface area (Å²) < 4.78 is 0. The molecule has 92 valence electrons. The van der Waals surface area contributed by atoms with Gasteiger partial charge in [-0.15, -0.1) is 4.91 Å². The monoisotopic (exact) mass is 250 g/mol. The number of urea groups is 1. The molecule has 1 heterocycles. The first-order chi connectivity index (χ1) is 9.31. The number of benzene rings is 2. The van der Waals surface area contributed by atoms with Crippen molar-refractivity contribution in [1.29, 1.82) is 0 Å². The van der Waals surface area contributed by atoms with Gasteiger partial charge in [0.2, 0.25) is 0 Å². The Morgan fingerprint density at radius 3 is 1.79 bits per heavy atom. The van der Waals surface area contributed by atoms with E-state index in [1.54, 1.807) is 12.1 Å². The van der Waals surface area contributed by atoms with E-state index in [-0.39, 0.29) is 0 Å². The molecular weight excluding hydrogens is 240 g/mol. The van der Waals surface area contributed by atoms with Crippen molar-refractivity contribution >= 4 is 29.6 Å². The van der Waals surface area contributed by atoms with E-state index < -0.39 is 6.03 Å². The second-order valence-corrected chi connectivity index (χ2v) is 4.16. The van der Waals surface area contributed by atoms with E-state index in [2.05, 4.69) is 5.18 Å². The summed E-state index contributed by atoms with van der Waals surface area (Å²) in [6.07, 6.45) is 3.85. The summed E-state index contributed by atoms with van der Waals surface area (Å²) >= 11 is 0. The van der Waals surface area contributed by atoms with E-state index in [1.165, 1.54) is 4.90 Å². The maximum absolute atomic E-state index is 11.9. The minimum atomic E-state index is -0.816. The average molecular weight is 250 g/mol. The van der Waals surface area contributed by atoms with Gasteiger partial charge in [-0.3, -0.25) is 4.90 Å². The third kappa shape index (κ3) is 1.83. The number of carbonyl (C=O) groups is 1. The number of carbonyl (C=O) groups excluding carboxylic acids is 1. The fraction of sp³-hybridized carbons (Fsp3) is 0. The van der Waals surface area contributed by atoms with Crippen LogP contribution >= 0.6 is 0 Å². The number of para-hydroxylation sites is 2. The van der Waals surface area contributed by atoms with Crippen LogP contribution in [0.3, 0.4) is 0 Å². The van der Waals surface area contributed by atoms with Crippen LogP contribution in [-0.4, -0.2) is 6.03 Å². The van der Waals surface area contributed by atoms with Gasteiger partial charge >= 0.3 is 6.03 Å². The first-order valence-corrected chi connectivity index (χ1v) is 5.85. The summed E-state index contributed by atoms with van der Waals surface area (Å²) in [5.41, 5.74) is 3.06. The van der Waals surface area contributed by atoms with E-state index in [9.17, 15) is 9.70 Å². The van der Waals surface area contributed by atoms with E-state index in [0.717, 1.165) is 11.1 Å². The minimum Gasteiger partial charge on any atom is -0.257 e. The van der Waals surface area contributed by atoms with Crippen LogP contribution in [0.4, 0.5) is 16.2 Å². The number of nitroso groups, excluding NO2 is 1. The Balaban J connectivity index is 2.30. The van der Waals surface area contributed by atoms with Crippen LogP contribution in [0.15, 0.2) is 53.7 Å². The van der Waals surface area contributed by atoms with Crippen LogP contribution in [0.2, 0.25) is 0 Å². The molecular formula is C15H10N2O2. The molecule has 0 saturated carbocycles. The number of anilines is 2. The SMILES string of the molecule is O=NC(=O)N1c2ccccc2C=Cc2ccccc21. The average Bonchev–Trinajstić information content (AvgIpc) is 2.63. The van der Waals surface area contributed by atoms with Crippen molar-refractivity contribution in [3.8, 4) is 0 Å². The Hall–Kier alpha value is -2.75. The van der Waals surface area contributed by atoms with Gasteiger partial charge in [0.15, 0.2) is 0 Å². The lowest BCUT2D eigenvalue weighted by molar-refractivity contribution is 0.256. The smallest absolute Gasteiger partial charge is 0.257 e. The second-order valence-electron chi connectivity index (χ2n) is 4.16. The third-order valence-corrected chi connectivity index (χ3v) is 3.07. The van der Waals surface area contributed by atoms with Crippen molar-refractivity contribution < 1.29 is 4.79 Å². The summed E-state index contributed by atoms with van der Waals surface area (Å²) in [7, 11) is 0. The number of hydrogen-bond acceptors (Lipinski definition) is 2. The van der Waals surface area contributed by atoms with Crippen LogP contribution in [0.25, 0.3) is 12.2 Å². The fourth-order valence-electron chi connectivity index (χ4n) is 2.22. The quantitative estimate of drug-likeness (QED) is 0.658. The molecule has 0 bridgehead atoms. The summed E-state index contributed by atoms with van der Waals surface area (Å²) in [6, 6.07) is 14.0. The highest BCUT2D eigenvalue weighted by molar-refractivity contribution is 6.05. The maximum atomic E-state index is 11.9. The highest BCUT2D eigenvalue weighted by atomic mass is 16.3. The van der Waals surface area contributed by atoms with E-state index in [0.29, 0.717) is 11.4 Å². The van der Waals surface area contributed by atoms with Gasteiger partial charge in [-0.1, -0.05) is 48.6 Å². The van der Waals surface area contributed by atoms with Crippen molar-refractivity contribution in [2.24, 2.45) is 5.18 Å². The Morgan fingerprint density at radius 2 is 1.32 bits per heavy atom. The molecule has 1 aliphatic heterocycles. The first-order valence-electron chi connectivity index (χ1n) is 5.85. The zero-order valence-corrected chi connectivity index (χ0v) is 9.98. The van der Waals surface area contributed by atoms with Crippen LogP contribution in [0, 0.1) is 4.91 Å². The molecule has 2 aromatic rings. The highest BCUT2D eigenvalue weighted by Crippen LogP contribution is 2.36. The summed E-state index contributed by atoms with van der Waals surface area (Å²) in [4.78, 5) is 23.9. The standard InChI is InChI=1S/C15H10N2O2/c18-15(16-19)17-13-7-3-1-5-11(13)9-10-12-6-2-4-8-14(12)17/h1-10H. The molecule has 0 saturated heterocycles. The van der Waals surface area contributed by atoms with Crippen LogP contribution in [0.1, 0.15) is 11.1 Å². The van der Waals surface area contributed by atoms with Gasteiger partial charge in [-0.25, -0.2) is 4.79 Å². The van der Waals surface area contributed by atoms with Gasteiger partial charge in [0.1, 0.15) is 0 Å². The molecule has 3 rings (SSSR count). The number of hydrogen-bond donors (Lipinski definition) is 0. The number of nitrogens with zero attached hydrogens (tertiary/aromatic N) is 2. The largest absolute Gasteiger partial charge is 0.390 e. The molecule has 19 heavy (non-hydrogen) atoms. The molecule has 0 unspecified atom stereocenters. The molecule has 0 radical (unpaired) electrons. The van der Waals surface area contributed by atoms with Gasteiger partial charge in [0, 0.05) is 5.18 Å². The zero-order valence-electron chi connectivity index (χ0n) is 9.98. The number of amides is 2. The molecule has 1 aliphatic rings. The number of rotatable bonds is 0. The Labute approximate surface area is 110 Å². The molecule has 0 aromatic heterocycles. The Kier molecular flexibility index (Phi) is 2.68. The normalized spacial score (nSPS) is 12.3. The Bertz CT molecular complexity index is 643. The molecule has 2 amide bonds. The van der Waals surface area contributed by atoms with Crippen molar-refractivity contribution in [1.82, 2.24) is 0 Å². The fourth-order valence-corrected chi connectivity index (χ4v) is 2.22. The van der Waals surface area contributed by atoms with Gasteiger partial charge in [0.25, 0.3) is 0 Å². The predicted molar refractivity (Wildman–Crippen MR) is 75.1 cm³/mol.